The van der Waals surface area contributed by atoms with Crippen molar-refractivity contribution in [2.45, 2.75) is 40.5 Å². The molecule has 0 aliphatic heterocycles. The molecule has 3 rings (SSSR count). The normalized spacial score (nSPS) is 11.6. The van der Waals surface area contributed by atoms with Gasteiger partial charge in [-0.2, -0.15) is 0 Å². The summed E-state index contributed by atoms with van der Waals surface area (Å²) in [6.07, 6.45) is 3.43. The Morgan fingerprint density at radius 2 is 1.97 bits per heavy atom. The largest absolute Gasteiger partial charge is 0.357 e. The van der Waals surface area contributed by atoms with Gasteiger partial charge in [0.1, 0.15) is 6.33 Å². The van der Waals surface area contributed by atoms with Crippen LogP contribution in [-0.2, 0) is 9.59 Å². The van der Waals surface area contributed by atoms with Crippen LogP contribution in [0.15, 0.2) is 24.5 Å². The first-order valence-corrected chi connectivity index (χ1v) is 10.1. The standard InChI is InChI=1S/C21H29N7O2/c1-14(29)24-15-8-9-17-16(12-15)25-18(19-26-23-13-28(17)19)27(5)11-7-6-10-22-20(30)21(2,3)4/h8-9,12-13H,6-7,10-11H2,1-5H3,(H,22,30)(H,24,29). The molecule has 3 aromatic rings. The Balaban J connectivity index is 1.72. The maximum absolute atomic E-state index is 11.9. The fraction of sp³-hybridized carbons (Fsp3) is 0.476. The fourth-order valence-corrected chi connectivity index (χ4v) is 3.13. The SMILES string of the molecule is CC(=O)Nc1ccc2c(c1)nc(N(C)CCCCNC(=O)C(C)(C)C)c1nncn12. The minimum absolute atomic E-state index is 0.0622. The van der Waals surface area contributed by atoms with Gasteiger partial charge < -0.3 is 15.5 Å². The molecular weight excluding hydrogens is 382 g/mol. The average molecular weight is 412 g/mol. The summed E-state index contributed by atoms with van der Waals surface area (Å²) in [7, 11) is 1.97. The van der Waals surface area contributed by atoms with Crippen molar-refractivity contribution in [3.8, 4) is 0 Å². The van der Waals surface area contributed by atoms with Gasteiger partial charge in [-0.05, 0) is 31.0 Å². The van der Waals surface area contributed by atoms with Crippen molar-refractivity contribution in [2.75, 3.05) is 30.4 Å². The first kappa shape index (κ1) is 21.5. The van der Waals surface area contributed by atoms with Gasteiger partial charge in [0.25, 0.3) is 0 Å². The number of carbonyl (C=O) groups excluding carboxylic acids is 2. The third kappa shape index (κ3) is 4.84. The zero-order chi connectivity index (χ0) is 21.9. The van der Waals surface area contributed by atoms with Crippen LogP contribution in [-0.4, -0.2) is 51.5 Å². The molecule has 0 unspecified atom stereocenters. The van der Waals surface area contributed by atoms with Crippen molar-refractivity contribution in [3.05, 3.63) is 24.5 Å². The molecule has 2 aromatic heterocycles. The topological polar surface area (TPSA) is 105 Å². The number of nitrogens with one attached hydrogen (secondary N) is 2. The maximum Gasteiger partial charge on any atom is 0.225 e. The molecule has 0 aliphatic rings. The molecule has 0 aliphatic carbocycles. The van der Waals surface area contributed by atoms with E-state index in [2.05, 4.69) is 20.8 Å². The summed E-state index contributed by atoms with van der Waals surface area (Å²) >= 11 is 0. The molecule has 9 nitrogen and oxygen atoms in total. The number of unbranched alkanes of at least 4 members (excludes halogenated alkanes) is 1. The summed E-state index contributed by atoms with van der Waals surface area (Å²) in [6, 6.07) is 5.57. The molecule has 30 heavy (non-hydrogen) atoms. The summed E-state index contributed by atoms with van der Waals surface area (Å²) in [6.45, 7) is 8.60. The predicted molar refractivity (Wildman–Crippen MR) is 118 cm³/mol. The minimum atomic E-state index is -0.374. The highest BCUT2D eigenvalue weighted by Crippen LogP contribution is 2.25. The van der Waals surface area contributed by atoms with Crippen LogP contribution in [0.3, 0.4) is 0 Å². The molecule has 0 saturated carbocycles. The van der Waals surface area contributed by atoms with E-state index in [0.717, 1.165) is 36.2 Å². The van der Waals surface area contributed by atoms with Gasteiger partial charge in [0, 0.05) is 38.2 Å². The lowest BCUT2D eigenvalue weighted by atomic mass is 9.96. The molecule has 2 heterocycles. The summed E-state index contributed by atoms with van der Waals surface area (Å²) in [5, 5.41) is 14.0. The van der Waals surface area contributed by atoms with Crippen molar-refractivity contribution in [1.82, 2.24) is 24.9 Å². The first-order chi connectivity index (χ1) is 14.2. The second-order valence-electron chi connectivity index (χ2n) is 8.48. The van der Waals surface area contributed by atoms with Gasteiger partial charge in [0.15, 0.2) is 5.82 Å². The zero-order valence-corrected chi connectivity index (χ0v) is 18.2. The van der Waals surface area contributed by atoms with Crippen LogP contribution in [0.5, 0.6) is 0 Å². The number of carbonyl (C=O) groups is 2. The van der Waals surface area contributed by atoms with E-state index in [4.69, 9.17) is 4.98 Å². The van der Waals surface area contributed by atoms with E-state index < -0.39 is 0 Å². The van der Waals surface area contributed by atoms with Crippen LogP contribution < -0.4 is 15.5 Å². The second kappa shape index (κ2) is 8.64. The summed E-state index contributed by atoms with van der Waals surface area (Å²) in [5.74, 6) is 0.654. The molecule has 1 aromatic carbocycles. The molecule has 9 heteroatoms. The number of anilines is 2. The van der Waals surface area contributed by atoms with E-state index in [9.17, 15) is 9.59 Å². The molecule has 0 saturated heterocycles. The van der Waals surface area contributed by atoms with Gasteiger partial charge in [0.05, 0.1) is 11.0 Å². The van der Waals surface area contributed by atoms with Crippen LogP contribution in [0.25, 0.3) is 16.7 Å². The van der Waals surface area contributed by atoms with E-state index >= 15 is 0 Å². The summed E-state index contributed by atoms with van der Waals surface area (Å²) in [5.41, 5.74) is 2.61. The molecule has 160 valence electrons. The maximum atomic E-state index is 11.9. The summed E-state index contributed by atoms with van der Waals surface area (Å²) in [4.78, 5) is 30.1. The number of hydrogen-bond donors (Lipinski definition) is 2. The molecule has 0 spiro atoms. The number of hydrogen-bond acceptors (Lipinski definition) is 6. The Kier molecular flexibility index (Phi) is 6.19. The van der Waals surface area contributed by atoms with Crippen molar-refractivity contribution in [3.63, 3.8) is 0 Å². The number of benzene rings is 1. The van der Waals surface area contributed by atoms with E-state index in [1.807, 2.05) is 55.3 Å². The second-order valence-corrected chi connectivity index (χ2v) is 8.48. The predicted octanol–water partition coefficient (Wildman–Crippen LogP) is 2.61. The Morgan fingerprint density at radius 1 is 1.20 bits per heavy atom. The quantitative estimate of drug-likeness (QED) is 0.579. The van der Waals surface area contributed by atoms with Gasteiger partial charge in [-0.1, -0.05) is 20.8 Å². The third-order valence-electron chi connectivity index (χ3n) is 4.78. The highest BCUT2D eigenvalue weighted by atomic mass is 16.2. The zero-order valence-electron chi connectivity index (χ0n) is 18.2. The Morgan fingerprint density at radius 3 is 2.67 bits per heavy atom. The van der Waals surface area contributed by atoms with E-state index in [1.165, 1.54) is 6.92 Å². The average Bonchev–Trinajstić information content (AvgIpc) is 3.15. The molecular formula is C21H29N7O2. The Labute approximate surface area is 175 Å². The van der Waals surface area contributed by atoms with E-state index in [1.54, 1.807) is 6.33 Å². The van der Waals surface area contributed by atoms with Crippen molar-refractivity contribution >= 4 is 40.0 Å². The van der Waals surface area contributed by atoms with Crippen molar-refractivity contribution < 1.29 is 9.59 Å². The molecule has 0 bridgehead atoms. The van der Waals surface area contributed by atoms with E-state index in [-0.39, 0.29) is 17.2 Å². The lowest BCUT2D eigenvalue weighted by Crippen LogP contribution is -2.35. The van der Waals surface area contributed by atoms with Gasteiger partial charge in [-0.3, -0.25) is 14.0 Å². The Hall–Kier alpha value is -3.23. The number of amides is 2. The van der Waals surface area contributed by atoms with Gasteiger partial charge in [-0.15, -0.1) is 10.2 Å². The van der Waals surface area contributed by atoms with Crippen LogP contribution in [0.4, 0.5) is 11.5 Å². The first-order valence-electron chi connectivity index (χ1n) is 10.1. The molecule has 0 radical (unpaired) electrons. The van der Waals surface area contributed by atoms with Crippen LogP contribution >= 0.6 is 0 Å². The lowest BCUT2D eigenvalue weighted by Gasteiger charge is -2.20. The molecule has 0 fully saturated rings. The number of rotatable bonds is 7. The highest BCUT2D eigenvalue weighted by Gasteiger charge is 2.20. The molecule has 2 amide bonds. The minimum Gasteiger partial charge on any atom is -0.357 e. The fourth-order valence-electron chi connectivity index (χ4n) is 3.13. The highest BCUT2D eigenvalue weighted by molar-refractivity contribution is 5.92. The van der Waals surface area contributed by atoms with Gasteiger partial charge >= 0.3 is 0 Å². The van der Waals surface area contributed by atoms with Crippen LogP contribution in [0, 0.1) is 5.41 Å². The third-order valence-corrected chi connectivity index (χ3v) is 4.78. The number of aromatic nitrogens is 4. The molecule has 0 atom stereocenters. The van der Waals surface area contributed by atoms with Crippen LogP contribution in [0.2, 0.25) is 0 Å². The van der Waals surface area contributed by atoms with Gasteiger partial charge in [-0.25, -0.2) is 4.98 Å². The summed E-state index contributed by atoms with van der Waals surface area (Å²) < 4.78 is 1.90. The smallest absolute Gasteiger partial charge is 0.225 e. The van der Waals surface area contributed by atoms with E-state index in [0.29, 0.717) is 17.9 Å². The Bertz CT molecular complexity index is 1070. The van der Waals surface area contributed by atoms with Gasteiger partial charge in [0.2, 0.25) is 17.5 Å². The lowest BCUT2D eigenvalue weighted by molar-refractivity contribution is -0.128. The van der Waals surface area contributed by atoms with Crippen molar-refractivity contribution in [1.29, 1.82) is 0 Å². The monoisotopic (exact) mass is 411 g/mol. The number of fused-ring (bicyclic) bond motifs is 3. The van der Waals surface area contributed by atoms with Crippen molar-refractivity contribution in [2.24, 2.45) is 5.41 Å². The molecule has 2 N–H and O–H groups in total. The van der Waals surface area contributed by atoms with Crippen LogP contribution in [0.1, 0.15) is 40.5 Å². The number of nitrogens with zero attached hydrogens (tertiary/aromatic N) is 5.